The van der Waals surface area contributed by atoms with Crippen molar-refractivity contribution in [3.05, 3.63) is 29.0 Å². The molecule has 178 valence electrons. The first-order chi connectivity index (χ1) is 16.1. The molecule has 5 rings (SSSR count). The van der Waals surface area contributed by atoms with Crippen molar-refractivity contribution in [3.8, 4) is 5.75 Å². The third kappa shape index (κ3) is 5.18. The highest BCUT2D eigenvalue weighted by Gasteiger charge is 2.38. The summed E-state index contributed by atoms with van der Waals surface area (Å²) >= 11 is 6.32. The Morgan fingerprint density at radius 3 is 2.73 bits per heavy atom. The molecule has 0 radical (unpaired) electrons. The molecule has 0 aliphatic carbocycles. The van der Waals surface area contributed by atoms with Crippen molar-refractivity contribution < 1.29 is 4.74 Å². The standard InChI is InChI=1S/C24H34ClN7O/c1-3-32-9-4-5-19(32)13-26-23-28-22(11-17-15-31-10-8-16(17)14-31)29-24(30-23)27-18-6-7-21(33-2)20(25)12-18/h6-7,12,16-17,19H,3-5,8-11,13-15H2,1-2H3,(H2,26,27,28,29,30). The van der Waals surface area contributed by atoms with Gasteiger partial charge >= 0.3 is 0 Å². The highest BCUT2D eigenvalue weighted by atomic mass is 35.5. The monoisotopic (exact) mass is 471 g/mol. The van der Waals surface area contributed by atoms with Gasteiger partial charge in [0, 0.05) is 37.8 Å². The van der Waals surface area contributed by atoms with Gasteiger partial charge in [0.1, 0.15) is 11.6 Å². The van der Waals surface area contributed by atoms with E-state index in [9.17, 15) is 0 Å². The minimum atomic E-state index is 0.533. The molecule has 9 heteroatoms. The summed E-state index contributed by atoms with van der Waals surface area (Å²) in [6, 6.07) is 6.13. The Hall–Kier alpha value is -2.16. The van der Waals surface area contributed by atoms with Crippen LogP contribution in [0.4, 0.5) is 17.6 Å². The van der Waals surface area contributed by atoms with Gasteiger partial charge in [-0.2, -0.15) is 15.0 Å². The molecule has 2 bridgehead atoms. The smallest absolute Gasteiger partial charge is 0.232 e. The molecular formula is C24H34ClN7O. The third-order valence-corrected chi connectivity index (χ3v) is 7.70. The molecule has 0 spiro atoms. The van der Waals surface area contributed by atoms with Crippen LogP contribution in [0.1, 0.15) is 32.0 Å². The number of fused-ring (bicyclic) bond motifs is 2. The largest absolute Gasteiger partial charge is 0.495 e. The molecule has 0 saturated carbocycles. The van der Waals surface area contributed by atoms with Crippen molar-refractivity contribution in [2.75, 3.05) is 57.0 Å². The summed E-state index contributed by atoms with van der Waals surface area (Å²) in [5.74, 6) is 4.09. The minimum Gasteiger partial charge on any atom is -0.495 e. The Morgan fingerprint density at radius 2 is 2.00 bits per heavy atom. The van der Waals surface area contributed by atoms with Crippen LogP contribution in [0.5, 0.6) is 5.75 Å². The lowest BCUT2D eigenvalue weighted by molar-refractivity contribution is 0.276. The maximum absolute atomic E-state index is 6.32. The molecule has 33 heavy (non-hydrogen) atoms. The van der Waals surface area contributed by atoms with Crippen LogP contribution in [0.3, 0.4) is 0 Å². The summed E-state index contributed by atoms with van der Waals surface area (Å²) in [6.07, 6.45) is 4.66. The van der Waals surface area contributed by atoms with E-state index in [2.05, 4.69) is 32.3 Å². The molecule has 3 aliphatic heterocycles. The van der Waals surface area contributed by atoms with Crippen molar-refractivity contribution in [1.29, 1.82) is 0 Å². The number of halogens is 1. The highest BCUT2D eigenvalue weighted by molar-refractivity contribution is 6.32. The number of nitrogens with one attached hydrogen (secondary N) is 2. The van der Waals surface area contributed by atoms with E-state index in [0.29, 0.717) is 34.6 Å². The van der Waals surface area contributed by atoms with E-state index in [4.69, 9.17) is 26.3 Å². The molecular weight excluding hydrogens is 438 g/mol. The van der Waals surface area contributed by atoms with Crippen LogP contribution in [-0.4, -0.2) is 77.2 Å². The summed E-state index contributed by atoms with van der Waals surface area (Å²) in [6.45, 7) is 8.97. The molecule has 4 unspecified atom stereocenters. The first kappa shape index (κ1) is 22.6. The Labute approximate surface area is 201 Å². The summed E-state index contributed by atoms with van der Waals surface area (Å²) in [5.41, 5.74) is 0.822. The number of rotatable bonds is 9. The normalized spacial score (nSPS) is 26.6. The van der Waals surface area contributed by atoms with Crippen LogP contribution in [0.15, 0.2) is 18.2 Å². The van der Waals surface area contributed by atoms with Crippen LogP contribution in [0.25, 0.3) is 0 Å². The lowest BCUT2D eigenvalue weighted by Gasteiger charge is -2.23. The molecule has 4 heterocycles. The SMILES string of the molecule is CCN1CCCC1CNc1nc(CC2CN3CCC2C3)nc(Nc2ccc(OC)c(Cl)c2)n1. The molecule has 2 aromatic rings. The van der Waals surface area contributed by atoms with E-state index in [-0.39, 0.29) is 0 Å². The zero-order valence-electron chi connectivity index (χ0n) is 19.6. The molecule has 1 aromatic carbocycles. The van der Waals surface area contributed by atoms with Gasteiger partial charge in [0.25, 0.3) is 0 Å². The lowest BCUT2D eigenvalue weighted by Crippen LogP contribution is -2.35. The van der Waals surface area contributed by atoms with Crippen molar-refractivity contribution in [1.82, 2.24) is 24.8 Å². The lowest BCUT2D eigenvalue weighted by atomic mass is 9.89. The molecule has 4 atom stereocenters. The van der Waals surface area contributed by atoms with E-state index < -0.39 is 0 Å². The van der Waals surface area contributed by atoms with Gasteiger partial charge in [0.2, 0.25) is 11.9 Å². The van der Waals surface area contributed by atoms with Gasteiger partial charge in [-0.3, -0.25) is 4.90 Å². The maximum Gasteiger partial charge on any atom is 0.232 e. The first-order valence-electron chi connectivity index (χ1n) is 12.2. The number of benzene rings is 1. The summed E-state index contributed by atoms with van der Waals surface area (Å²) in [4.78, 5) is 19.4. The molecule has 3 saturated heterocycles. The van der Waals surface area contributed by atoms with E-state index in [1.54, 1.807) is 7.11 Å². The Morgan fingerprint density at radius 1 is 1.12 bits per heavy atom. The van der Waals surface area contributed by atoms with Crippen LogP contribution in [0.2, 0.25) is 5.02 Å². The topological polar surface area (TPSA) is 78.4 Å². The number of hydrogen-bond acceptors (Lipinski definition) is 8. The van der Waals surface area contributed by atoms with Gasteiger partial charge in [-0.05, 0) is 68.9 Å². The number of likely N-dealkylation sites (N-methyl/N-ethyl adjacent to an activating group) is 1. The Kier molecular flexibility index (Phi) is 6.85. The quantitative estimate of drug-likeness (QED) is 0.573. The molecule has 8 nitrogen and oxygen atoms in total. The Bertz CT molecular complexity index is 974. The maximum atomic E-state index is 6.32. The van der Waals surface area contributed by atoms with Crippen LogP contribution in [-0.2, 0) is 6.42 Å². The van der Waals surface area contributed by atoms with Gasteiger partial charge in [0.05, 0.1) is 12.1 Å². The van der Waals surface area contributed by atoms with E-state index >= 15 is 0 Å². The predicted octanol–water partition coefficient (Wildman–Crippen LogP) is 3.67. The van der Waals surface area contributed by atoms with Crippen LogP contribution < -0.4 is 15.4 Å². The second-order valence-electron chi connectivity index (χ2n) is 9.45. The average Bonchev–Trinajstić information content (AvgIpc) is 3.55. The van der Waals surface area contributed by atoms with Crippen LogP contribution >= 0.6 is 11.6 Å². The van der Waals surface area contributed by atoms with E-state index in [0.717, 1.165) is 43.5 Å². The number of aromatic nitrogens is 3. The van der Waals surface area contributed by atoms with Gasteiger partial charge < -0.3 is 20.3 Å². The summed E-state index contributed by atoms with van der Waals surface area (Å²) < 4.78 is 5.27. The first-order valence-corrected chi connectivity index (χ1v) is 12.5. The number of likely N-dealkylation sites (tertiary alicyclic amines) is 1. The minimum absolute atomic E-state index is 0.533. The van der Waals surface area contributed by atoms with Gasteiger partial charge in [-0.1, -0.05) is 18.5 Å². The van der Waals surface area contributed by atoms with Crippen molar-refractivity contribution in [2.24, 2.45) is 11.8 Å². The number of nitrogens with zero attached hydrogens (tertiary/aromatic N) is 5. The average molecular weight is 472 g/mol. The van der Waals surface area contributed by atoms with Crippen LogP contribution in [0, 0.1) is 11.8 Å². The molecule has 2 N–H and O–H groups in total. The second kappa shape index (κ2) is 9.99. The Balaban J connectivity index is 1.34. The molecule has 1 aromatic heterocycles. The van der Waals surface area contributed by atoms with E-state index in [1.165, 1.54) is 38.9 Å². The number of piperidine rings is 1. The fourth-order valence-electron chi connectivity index (χ4n) is 5.63. The molecule has 3 fully saturated rings. The number of hydrogen-bond donors (Lipinski definition) is 2. The van der Waals surface area contributed by atoms with Crippen molar-refractivity contribution in [3.63, 3.8) is 0 Å². The number of ether oxygens (including phenoxy) is 1. The van der Waals surface area contributed by atoms with Gasteiger partial charge in [-0.15, -0.1) is 0 Å². The second-order valence-corrected chi connectivity index (χ2v) is 9.86. The van der Waals surface area contributed by atoms with Gasteiger partial charge in [0.15, 0.2) is 0 Å². The molecule has 3 aliphatic rings. The number of methoxy groups -OCH3 is 1. The van der Waals surface area contributed by atoms with Crippen molar-refractivity contribution >= 4 is 29.2 Å². The predicted molar refractivity (Wildman–Crippen MR) is 132 cm³/mol. The fraction of sp³-hybridized carbons (Fsp3) is 0.625. The zero-order valence-corrected chi connectivity index (χ0v) is 20.3. The summed E-state index contributed by atoms with van der Waals surface area (Å²) in [5, 5.41) is 7.37. The molecule has 0 amide bonds. The zero-order chi connectivity index (χ0) is 22.8. The fourth-order valence-corrected chi connectivity index (χ4v) is 5.89. The number of anilines is 3. The highest BCUT2D eigenvalue weighted by Crippen LogP contribution is 2.35. The third-order valence-electron chi connectivity index (χ3n) is 7.40. The van der Waals surface area contributed by atoms with Crippen molar-refractivity contribution in [2.45, 2.75) is 38.6 Å². The summed E-state index contributed by atoms with van der Waals surface area (Å²) in [7, 11) is 1.61. The van der Waals surface area contributed by atoms with Gasteiger partial charge in [-0.25, -0.2) is 0 Å². The van der Waals surface area contributed by atoms with E-state index in [1.807, 2.05) is 18.2 Å².